The number of amides is 1. The summed E-state index contributed by atoms with van der Waals surface area (Å²) in [5.74, 6) is -0.262. The highest BCUT2D eigenvalue weighted by atomic mass is 35.5. The van der Waals surface area contributed by atoms with Gasteiger partial charge in [-0.25, -0.2) is 9.69 Å². The Kier molecular flexibility index (Phi) is 7.37. The molecule has 2 heterocycles. The molecule has 1 fully saturated rings. The number of rotatable bonds is 5. The summed E-state index contributed by atoms with van der Waals surface area (Å²) in [5, 5.41) is 7.98. The minimum atomic E-state index is -0.262. The Balaban J connectivity index is 1.88. The number of carbonyl (C=O) groups is 1. The standard InChI is InChI=1S/C23H23Cl3N4OS/c1-14(32)20-21(23(31)28-29-11-3-2-4-12-29)27-30(19-10-9-17(25)13-18(19)26)22(20)15-5-7-16(24)8-6-15/h5-10,13-14,32H,2-4,11-12H2,1H3,(H,28,31). The van der Waals surface area contributed by atoms with Crippen molar-refractivity contribution >= 4 is 53.3 Å². The second-order valence-corrected chi connectivity index (χ2v) is 9.84. The summed E-state index contributed by atoms with van der Waals surface area (Å²) < 4.78 is 1.69. The van der Waals surface area contributed by atoms with Crippen molar-refractivity contribution < 1.29 is 4.79 Å². The highest BCUT2D eigenvalue weighted by molar-refractivity contribution is 7.80. The van der Waals surface area contributed by atoms with Gasteiger partial charge < -0.3 is 0 Å². The van der Waals surface area contributed by atoms with Crippen LogP contribution in [0.4, 0.5) is 0 Å². The van der Waals surface area contributed by atoms with E-state index in [0.717, 1.165) is 42.8 Å². The van der Waals surface area contributed by atoms with E-state index >= 15 is 0 Å². The zero-order valence-corrected chi connectivity index (χ0v) is 20.6. The number of thiol groups is 1. The van der Waals surface area contributed by atoms with E-state index in [1.165, 1.54) is 6.42 Å². The molecule has 0 bridgehead atoms. The summed E-state index contributed by atoms with van der Waals surface area (Å²) in [6.07, 6.45) is 3.29. The van der Waals surface area contributed by atoms with Crippen LogP contribution in [-0.2, 0) is 0 Å². The molecule has 1 aliphatic heterocycles. The smallest absolute Gasteiger partial charge is 0.283 e. The van der Waals surface area contributed by atoms with Crippen LogP contribution < -0.4 is 5.43 Å². The van der Waals surface area contributed by atoms with Crippen molar-refractivity contribution in [2.75, 3.05) is 13.1 Å². The third-order valence-electron chi connectivity index (χ3n) is 5.43. The van der Waals surface area contributed by atoms with E-state index < -0.39 is 0 Å². The second-order valence-electron chi connectivity index (χ2n) is 7.79. The van der Waals surface area contributed by atoms with Crippen LogP contribution in [0.25, 0.3) is 16.9 Å². The number of hydrogen-bond acceptors (Lipinski definition) is 4. The Morgan fingerprint density at radius 1 is 1.03 bits per heavy atom. The number of hydrogen-bond donors (Lipinski definition) is 2. The largest absolute Gasteiger partial charge is 0.286 e. The normalized spacial score (nSPS) is 15.5. The van der Waals surface area contributed by atoms with Crippen LogP contribution in [0.5, 0.6) is 0 Å². The first-order chi connectivity index (χ1) is 15.3. The molecule has 5 nitrogen and oxygen atoms in total. The molecule has 9 heteroatoms. The lowest BCUT2D eigenvalue weighted by atomic mass is 10.0. The second kappa shape index (κ2) is 10.1. The van der Waals surface area contributed by atoms with Crippen molar-refractivity contribution in [2.24, 2.45) is 0 Å². The molecule has 1 N–H and O–H groups in total. The first-order valence-corrected chi connectivity index (χ1v) is 12.1. The maximum Gasteiger partial charge on any atom is 0.286 e. The number of aromatic nitrogens is 2. The fourth-order valence-corrected chi connectivity index (χ4v) is 4.77. The number of piperidine rings is 1. The molecule has 4 rings (SSSR count). The fraction of sp³-hybridized carbons (Fsp3) is 0.304. The van der Waals surface area contributed by atoms with E-state index in [4.69, 9.17) is 52.5 Å². The highest BCUT2D eigenvalue weighted by Gasteiger charge is 2.29. The Morgan fingerprint density at radius 2 is 1.69 bits per heavy atom. The molecule has 32 heavy (non-hydrogen) atoms. The van der Waals surface area contributed by atoms with E-state index in [1.54, 1.807) is 35.0 Å². The van der Waals surface area contributed by atoms with Crippen molar-refractivity contribution in [1.82, 2.24) is 20.2 Å². The number of nitrogens with zero attached hydrogens (tertiary/aromatic N) is 3. The lowest BCUT2D eigenvalue weighted by Gasteiger charge is -2.26. The van der Waals surface area contributed by atoms with Gasteiger partial charge in [0.2, 0.25) is 0 Å². The van der Waals surface area contributed by atoms with Crippen LogP contribution in [-0.4, -0.2) is 33.8 Å². The van der Waals surface area contributed by atoms with Crippen LogP contribution >= 0.6 is 47.4 Å². The number of hydrazine groups is 1. The Morgan fingerprint density at radius 3 is 2.31 bits per heavy atom. The van der Waals surface area contributed by atoms with E-state index in [1.807, 2.05) is 24.1 Å². The van der Waals surface area contributed by atoms with Crippen molar-refractivity contribution in [3.05, 3.63) is 68.8 Å². The van der Waals surface area contributed by atoms with Gasteiger partial charge in [-0.2, -0.15) is 17.7 Å². The summed E-state index contributed by atoms with van der Waals surface area (Å²) in [5.41, 5.74) is 6.25. The summed E-state index contributed by atoms with van der Waals surface area (Å²) in [7, 11) is 0. The Labute approximate surface area is 208 Å². The van der Waals surface area contributed by atoms with E-state index in [2.05, 4.69) is 5.43 Å². The van der Waals surface area contributed by atoms with Gasteiger partial charge >= 0.3 is 0 Å². The quantitative estimate of drug-likeness (QED) is 0.380. The third-order valence-corrected chi connectivity index (χ3v) is 6.47. The van der Waals surface area contributed by atoms with Gasteiger partial charge in [-0.3, -0.25) is 10.2 Å². The number of carbonyl (C=O) groups excluding carboxylic acids is 1. The molecule has 3 aromatic rings. The average Bonchev–Trinajstić information content (AvgIpc) is 3.16. The molecule has 0 aliphatic carbocycles. The summed E-state index contributed by atoms with van der Waals surface area (Å²) in [4.78, 5) is 13.3. The van der Waals surface area contributed by atoms with Crippen molar-refractivity contribution in [2.45, 2.75) is 31.4 Å². The van der Waals surface area contributed by atoms with Crippen LogP contribution in [0.2, 0.25) is 15.1 Å². The van der Waals surface area contributed by atoms with Crippen molar-refractivity contribution in [1.29, 1.82) is 0 Å². The summed E-state index contributed by atoms with van der Waals surface area (Å²) in [6.45, 7) is 3.57. The van der Waals surface area contributed by atoms with Crippen LogP contribution in [0.15, 0.2) is 42.5 Å². The summed E-state index contributed by atoms with van der Waals surface area (Å²) in [6, 6.07) is 12.6. The van der Waals surface area contributed by atoms with Crippen LogP contribution in [0.3, 0.4) is 0 Å². The van der Waals surface area contributed by atoms with E-state index in [0.29, 0.717) is 26.4 Å². The zero-order valence-electron chi connectivity index (χ0n) is 17.5. The van der Waals surface area contributed by atoms with Crippen molar-refractivity contribution in [3.8, 4) is 16.9 Å². The highest BCUT2D eigenvalue weighted by Crippen LogP contribution is 2.38. The molecular formula is C23H23Cl3N4OS. The van der Waals surface area contributed by atoms with Gasteiger partial charge in [0.1, 0.15) is 0 Å². The molecule has 1 aliphatic rings. The Bertz CT molecular complexity index is 1130. The topological polar surface area (TPSA) is 50.2 Å². The molecule has 0 saturated carbocycles. The van der Waals surface area contributed by atoms with Crippen LogP contribution in [0, 0.1) is 0 Å². The molecule has 1 aromatic heterocycles. The number of nitrogens with one attached hydrogen (secondary N) is 1. The fourth-order valence-electron chi connectivity index (χ4n) is 3.91. The molecule has 1 saturated heterocycles. The average molecular weight is 510 g/mol. The molecule has 2 aromatic carbocycles. The Hall–Kier alpha value is -1.70. The monoisotopic (exact) mass is 508 g/mol. The first kappa shape index (κ1) is 23.5. The molecule has 1 amide bonds. The van der Waals surface area contributed by atoms with Gasteiger partial charge in [0.15, 0.2) is 5.69 Å². The van der Waals surface area contributed by atoms with Gasteiger partial charge in [-0.05, 0) is 50.1 Å². The molecule has 1 unspecified atom stereocenters. The molecular weight excluding hydrogens is 487 g/mol. The first-order valence-electron chi connectivity index (χ1n) is 10.4. The summed E-state index contributed by atoms with van der Waals surface area (Å²) >= 11 is 23.5. The number of benzene rings is 2. The van der Waals surface area contributed by atoms with Gasteiger partial charge in [-0.15, -0.1) is 0 Å². The molecule has 1 atom stereocenters. The minimum Gasteiger partial charge on any atom is -0.283 e. The predicted octanol–water partition coefficient (Wildman–Crippen LogP) is 6.62. The predicted molar refractivity (Wildman–Crippen MR) is 134 cm³/mol. The minimum absolute atomic E-state index is 0.261. The zero-order chi connectivity index (χ0) is 22.8. The lowest BCUT2D eigenvalue weighted by Crippen LogP contribution is -2.45. The van der Waals surface area contributed by atoms with Gasteiger partial charge in [0, 0.05) is 39.5 Å². The van der Waals surface area contributed by atoms with E-state index in [9.17, 15) is 4.79 Å². The maximum atomic E-state index is 13.3. The maximum absolute atomic E-state index is 13.3. The van der Waals surface area contributed by atoms with Crippen molar-refractivity contribution in [3.63, 3.8) is 0 Å². The van der Waals surface area contributed by atoms with Gasteiger partial charge in [0.25, 0.3) is 5.91 Å². The van der Waals surface area contributed by atoms with Crippen LogP contribution in [0.1, 0.15) is 47.5 Å². The lowest BCUT2D eigenvalue weighted by molar-refractivity contribution is 0.0743. The van der Waals surface area contributed by atoms with Gasteiger partial charge in [-0.1, -0.05) is 53.4 Å². The van der Waals surface area contributed by atoms with E-state index in [-0.39, 0.29) is 11.2 Å². The molecule has 0 spiro atoms. The van der Waals surface area contributed by atoms with Gasteiger partial charge in [0.05, 0.1) is 16.4 Å². The molecule has 168 valence electrons. The number of halogens is 3. The third kappa shape index (κ3) is 4.95. The molecule has 0 radical (unpaired) electrons. The SMILES string of the molecule is CC(S)c1c(C(=O)NN2CCCCC2)nn(-c2ccc(Cl)cc2Cl)c1-c1ccc(Cl)cc1.